The average molecular weight is 291 g/mol. The first kappa shape index (κ1) is 17.0. The number of guanidine groups is 1. The largest absolute Gasteiger partial charge is 0.476 e. The monoisotopic (exact) mass is 291 g/mol. The van der Waals surface area contributed by atoms with Crippen molar-refractivity contribution in [1.29, 1.82) is 0 Å². The van der Waals surface area contributed by atoms with Gasteiger partial charge in [-0.3, -0.25) is 0 Å². The number of likely N-dealkylation sites (N-methyl/N-ethyl adjacent to an activating group) is 1. The number of nitrogens with two attached hydrogens (primary N) is 1. The predicted octanol–water partition coefficient (Wildman–Crippen LogP) is 1.00. The summed E-state index contributed by atoms with van der Waals surface area (Å²) in [6, 6.07) is 3.78. The van der Waals surface area contributed by atoms with Crippen LogP contribution in [0.4, 0.5) is 0 Å². The first-order chi connectivity index (χ1) is 9.97. The van der Waals surface area contributed by atoms with Crippen molar-refractivity contribution in [3.05, 3.63) is 36.0 Å². The fourth-order valence-electron chi connectivity index (χ4n) is 1.43. The first-order valence-electron chi connectivity index (χ1n) is 6.88. The third-order valence-electron chi connectivity index (χ3n) is 2.59. The van der Waals surface area contributed by atoms with Crippen molar-refractivity contribution < 1.29 is 4.74 Å². The first-order valence-corrected chi connectivity index (χ1v) is 6.88. The highest BCUT2D eigenvalue weighted by Crippen LogP contribution is 2.10. The normalized spacial score (nSPS) is 11.5. The summed E-state index contributed by atoms with van der Waals surface area (Å²) < 4.78 is 5.58. The molecule has 0 aromatic carbocycles. The number of ether oxygens (including phenoxy) is 1. The molecule has 1 rings (SSSR count). The number of hydrogen-bond donors (Lipinski definition) is 2. The van der Waals surface area contributed by atoms with Gasteiger partial charge in [0.2, 0.25) is 5.88 Å². The molecule has 0 spiro atoms. The number of pyridine rings is 1. The van der Waals surface area contributed by atoms with E-state index in [1.807, 2.05) is 33.2 Å². The minimum Gasteiger partial charge on any atom is -0.476 e. The van der Waals surface area contributed by atoms with Gasteiger partial charge in [0.15, 0.2) is 5.96 Å². The maximum atomic E-state index is 5.77. The fourth-order valence-corrected chi connectivity index (χ4v) is 1.43. The lowest BCUT2D eigenvalue weighted by Gasteiger charge is -2.10. The van der Waals surface area contributed by atoms with Crippen molar-refractivity contribution in [2.75, 3.05) is 33.8 Å². The lowest BCUT2D eigenvalue weighted by molar-refractivity contribution is 0.253. The molecule has 0 aliphatic heterocycles. The van der Waals surface area contributed by atoms with Crippen LogP contribution in [0.2, 0.25) is 0 Å². The third kappa shape index (κ3) is 7.94. The molecule has 0 atom stereocenters. The van der Waals surface area contributed by atoms with Gasteiger partial charge in [0.25, 0.3) is 0 Å². The lowest BCUT2D eigenvalue weighted by atomic mass is 10.3. The van der Waals surface area contributed by atoms with Crippen molar-refractivity contribution in [2.24, 2.45) is 10.7 Å². The zero-order valence-electron chi connectivity index (χ0n) is 13.1. The van der Waals surface area contributed by atoms with Gasteiger partial charge in [0, 0.05) is 25.4 Å². The molecule has 6 nitrogen and oxygen atoms in total. The molecule has 1 aromatic rings. The molecule has 21 heavy (non-hydrogen) atoms. The Hall–Kier alpha value is -2.08. The molecule has 0 amide bonds. The van der Waals surface area contributed by atoms with Gasteiger partial charge in [0.05, 0.1) is 6.54 Å². The van der Waals surface area contributed by atoms with Crippen molar-refractivity contribution in [3.8, 4) is 5.88 Å². The quantitative estimate of drug-likeness (QED) is 0.424. The van der Waals surface area contributed by atoms with E-state index < -0.39 is 0 Å². The maximum absolute atomic E-state index is 5.77. The van der Waals surface area contributed by atoms with Gasteiger partial charge in [-0.2, -0.15) is 0 Å². The van der Waals surface area contributed by atoms with Crippen molar-refractivity contribution in [2.45, 2.75) is 13.5 Å². The number of nitrogens with one attached hydrogen (secondary N) is 1. The highest BCUT2D eigenvalue weighted by molar-refractivity contribution is 5.78. The van der Waals surface area contributed by atoms with E-state index in [1.165, 1.54) is 0 Å². The molecule has 0 saturated heterocycles. The Morgan fingerprint density at radius 1 is 1.52 bits per heavy atom. The van der Waals surface area contributed by atoms with Crippen LogP contribution in [0.25, 0.3) is 0 Å². The van der Waals surface area contributed by atoms with E-state index >= 15 is 0 Å². The molecule has 0 unspecified atom stereocenters. The Morgan fingerprint density at radius 3 is 2.95 bits per heavy atom. The van der Waals surface area contributed by atoms with E-state index in [1.54, 1.807) is 6.20 Å². The zero-order valence-corrected chi connectivity index (χ0v) is 13.1. The Morgan fingerprint density at radius 2 is 2.29 bits per heavy atom. The van der Waals surface area contributed by atoms with Crippen LogP contribution in [0.5, 0.6) is 5.88 Å². The smallest absolute Gasteiger partial charge is 0.213 e. The van der Waals surface area contributed by atoms with Crippen LogP contribution in [0, 0.1) is 0 Å². The van der Waals surface area contributed by atoms with Crippen LogP contribution in [-0.4, -0.2) is 49.6 Å². The lowest BCUT2D eigenvalue weighted by Crippen LogP contribution is -2.32. The number of nitrogens with zero attached hydrogens (tertiary/aromatic N) is 3. The maximum Gasteiger partial charge on any atom is 0.213 e. The number of hydrogen-bond acceptors (Lipinski definition) is 4. The molecule has 0 radical (unpaired) electrons. The van der Waals surface area contributed by atoms with Gasteiger partial charge < -0.3 is 20.7 Å². The SMILES string of the molecule is C=C(C)CNC(N)=NCc1ccnc(OCCN(C)C)c1. The van der Waals surface area contributed by atoms with Crippen LogP contribution >= 0.6 is 0 Å². The van der Waals surface area contributed by atoms with Crippen molar-refractivity contribution in [1.82, 2.24) is 15.2 Å². The molecule has 0 fully saturated rings. The van der Waals surface area contributed by atoms with Crippen LogP contribution in [0.1, 0.15) is 12.5 Å². The molecule has 0 aliphatic carbocycles. The number of aromatic nitrogens is 1. The van der Waals surface area contributed by atoms with E-state index in [4.69, 9.17) is 10.5 Å². The van der Waals surface area contributed by atoms with Crippen LogP contribution in [0.15, 0.2) is 35.5 Å². The standard InChI is InChI=1S/C15H25N5O/c1-12(2)10-18-15(16)19-11-13-5-6-17-14(9-13)21-8-7-20(3)4/h5-6,9H,1,7-8,10-11H2,2-4H3,(H3,16,18,19). The highest BCUT2D eigenvalue weighted by Gasteiger charge is 1.99. The molecule has 1 aromatic heterocycles. The summed E-state index contributed by atoms with van der Waals surface area (Å²) >= 11 is 0. The van der Waals surface area contributed by atoms with E-state index in [0.29, 0.717) is 31.5 Å². The Bertz CT molecular complexity index is 485. The predicted molar refractivity (Wildman–Crippen MR) is 86.4 cm³/mol. The zero-order chi connectivity index (χ0) is 15.7. The molecular weight excluding hydrogens is 266 g/mol. The second-order valence-corrected chi connectivity index (χ2v) is 5.17. The molecule has 116 valence electrons. The summed E-state index contributed by atoms with van der Waals surface area (Å²) in [6.07, 6.45) is 1.72. The van der Waals surface area contributed by atoms with Crippen LogP contribution in [-0.2, 0) is 6.54 Å². The van der Waals surface area contributed by atoms with E-state index in [9.17, 15) is 0 Å². The molecule has 0 bridgehead atoms. The highest BCUT2D eigenvalue weighted by atomic mass is 16.5. The molecular formula is C15H25N5O. The molecule has 3 N–H and O–H groups in total. The van der Waals surface area contributed by atoms with Gasteiger partial charge in [-0.05, 0) is 32.6 Å². The summed E-state index contributed by atoms with van der Waals surface area (Å²) in [5.41, 5.74) is 7.78. The van der Waals surface area contributed by atoms with Gasteiger partial charge >= 0.3 is 0 Å². The molecule has 1 heterocycles. The van der Waals surface area contributed by atoms with Gasteiger partial charge in [-0.25, -0.2) is 9.98 Å². The molecule has 0 aliphatic rings. The van der Waals surface area contributed by atoms with E-state index in [-0.39, 0.29) is 0 Å². The van der Waals surface area contributed by atoms with Crippen molar-refractivity contribution >= 4 is 5.96 Å². The molecule has 6 heteroatoms. The Labute approximate surface area is 126 Å². The average Bonchev–Trinajstić information content (AvgIpc) is 2.43. The number of aliphatic imine (C=N–C) groups is 1. The van der Waals surface area contributed by atoms with Crippen LogP contribution in [0.3, 0.4) is 0 Å². The summed E-state index contributed by atoms with van der Waals surface area (Å²) in [4.78, 5) is 10.5. The summed E-state index contributed by atoms with van der Waals surface area (Å²) in [7, 11) is 4.01. The minimum atomic E-state index is 0.407. The summed E-state index contributed by atoms with van der Waals surface area (Å²) in [5, 5.41) is 2.99. The summed E-state index contributed by atoms with van der Waals surface area (Å²) in [5.74, 6) is 1.02. The van der Waals surface area contributed by atoms with Crippen molar-refractivity contribution in [3.63, 3.8) is 0 Å². The molecule has 0 saturated carbocycles. The topological polar surface area (TPSA) is 75.8 Å². The Balaban J connectivity index is 2.48. The number of rotatable bonds is 8. The fraction of sp³-hybridized carbons (Fsp3) is 0.467. The van der Waals surface area contributed by atoms with Gasteiger partial charge in [-0.15, -0.1) is 0 Å². The minimum absolute atomic E-state index is 0.407. The van der Waals surface area contributed by atoms with Crippen LogP contribution < -0.4 is 15.8 Å². The second kappa shape index (κ2) is 8.97. The summed E-state index contributed by atoms with van der Waals surface area (Å²) in [6.45, 7) is 8.30. The Kier molecular flexibility index (Phi) is 7.25. The van der Waals surface area contributed by atoms with Gasteiger partial charge in [-0.1, -0.05) is 12.2 Å². The van der Waals surface area contributed by atoms with Gasteiger partial charge in [0.1, 0.15) is 6.61 Å². The second-order valence-electron chi connectivity index (χ2n) is 5.17. The van der Waals surface area contributed by atoms with E-state index in [0.717, 1.165) is 17.7 Å². The van der Waals surface area contributed by atoms with E-state index in [2.05, 4.69) is 26.8 Å². The third-order valence-corrected chi connectivity index (χ3v) is 2.59.